The second-order valence-electron chi connectivity index (χ2n) is 6.98. The fraction of sp³-hybridized carbons (Fsp3) is 0.500. The molecule has 0 aliphatic carbocycles. The van der Waals surface area contributed by atoms with Crippen LogP contribution in [0.15, 0.2) is 30.3 Å². The van der Waals surface area contributed by atoms with Gasteiger partial charge in [0.05, 0.1) is 12.5 Å². The van der Waals surface area contributed by atoms with Gasteiger partial charge in [-0.15, -0.1) is 5.10 Å². The van der Waals surface area contributed by atoms with Gasteiger partial charge in [-0.05, 0) is 41.8 Å². The maximum Gasteiger partial charge on any atom is 0.251 e. The Bertz CT molecular complexity index is 790. The third kappa shape index (κ3) is 3.44. The Kier molecular flexibility index (Phi) is 4.64. The fourth-order valence-corrected chi connectivity index (χ4v) is 3.76. The van der Waals surface area contributed by atoms with Gasteiger partial charge in [0.1, 0.15) is 0 Å². The molecule has 1 fully saturated rings. The smallest absolute Gasteiger partial charge is 0.251 e. The lowest BCUT2D eigenvalue weighted by Gasteiger charge is -2.36. The van der Waals surface area contributed by atoms with Gasteiger partial charge in [0.15, 0.2) is 5.82 Å². The van der Waals surface area contributed by atoms with Gasteiger partial charge in [-0.2, -0.15) is 0 Å². The third-order valence-corrected chi connectivity index (χ3v) is 5.17. The Hall–Kier alpha value is -2.77. The van der Waals surface area contributed by atoms with Crippen LogP contribution in [0.4, 0.5) is 0 Å². The summed E-state index contributed by atoms with van der Waals surface area (Å²) in [6, 6.07) is 9.18. The first-order valence-electron chi connectivity index (χ1n) is 9.10. The van der Waals surface area contributed by atoms with Gasteiger partial charge in [0, 0.05) is 31.1 Å². The molecule has 8 nitrogen and oxygen atoms in total. The first-order valence-corrected chi connectivity index (χ1v) is 9.10. The van der Waals surface area contributed by atoms with Crippen molar-refractivity contribution in [1.29, 1.82) is 0 Å². The lowest BCUT2D eigenvalue weighted by molar-refractivity contribution is -0.138. The zero-order chi connectivity index (χ0) is 17.9. The number of nitrogens with one attached hydrogen (secondary N) is 1. The van der Waals surface area contributed by atoms with Gasteiger partial charge in [-0.1, -0.05) is 18.2 Å². The van der Waals surface area contributed by atoms with Crippen LogP contribution in [-0.4, -0.2) is 56.1 Å². The molecule has 2 amide bonds. The number of carbonyl (C=O) groups is 2. The van der Waals surface area contributed by atoms with E-state index in [0.29, 0.717) is 18.7 Å². The molecule has 2 aliphatic rings. The predicted octanol–water partition coefficient (Wildman–Crippen LogP) is 0.657. The van der Waals surface area contributed by atoms with Crippen molar-refractivity contribution in [2.75, 3.05) is 13.1 Å². The Balaban J connectivity index is 1.36. The normalized spacial score (nSPS) is 22.5. The number of tetrazole rings is 1. The minimum Gasteiger partial charge on any atom is -0.348 e. The first kappa shape index (κ1) is 16.7. The molecule has 2 aromatic rings. The van der Waals surface area contributed by atoms with Crippen LogP contribution in [0.3, 0.4) is 0 Å². The number of carbonyl (C=O) groups excluding carboxylic acids is 2. The number of amides is 2. The Morgan fingerprint density at radius 2 is 1.96 bits per heavy atom. The maximum atomic E-state index is 12.9. The number of aromatic nitrogens is 4. The molecule has 0 spiro atoms. The molecule has 1 unspecified atom stereocenters. The fourth-order valence-electron chi connectivity index (χ4n) is 3.76. The van der Waals surface area contributed by atoms with Crippen molar-refractivity contribution in [2.45, 2.75) is 38.3 Å². The number of piperidine rings is 1. The number of aryl methyl sites for hydroxylation is 1. The standard InChI is InChI=1S/C18H22N6O2/c25-17(13-5-2-1-3-6-13)19-15-7-4-10-23(12-15)18(26)14-8-9-16-20-21-22-24(16)11-14/h1-3,5-6,14-15H,4,7-12H2,(H,19,25)/t14?,15-/m0/s1. The molecule has 3 heterocycles. The SMILES string of the molecule is O=C(N[C@H]1CCCN(C(=O)C2CCc3nnnn3C2)C1)c1ccccc1. The van der Waals surface area contributed by atoms with Gasteiger partial charge in [-0.3, -0.25) is 9.59 Å². The summed E-state index contributed by atoms with van der Waals surface area (Å²) in [6.45, 7) is 1.85. The van der Waals surface area contributed by atoms with Gasteiger partial charge < -0.3 is 10.2 Å². The van der Waals surface area contributed by atoms with Crippen LogP contribution in [0.25, 0.3) is 0 Å². The van der Waals surface area contributed by atoms with Crippen LogP contribution in [0.2, 0.25) is 0 Å². The van der Waals surface area contributed by atoms with E-state index >= 15 is 0 Å². The molecule has 1 saturated heterocycles. The number of nitrogens with zero attached hydrogens (tertiary/aromatic N) is 5. The van der Waals surface area contributed by atoms with Crippen molar-refractivity contribution in [3.8, 4) is 0 Å². The lowest BCUT2D eigenvalue weighted by atomic mass is 9.96. The molecule has 26 heavy (non-hydrogen) atoms. The van der Waals surface area contributed by atoms with Crippen molar-refractivity contribution in [1.82, 2.24) is 30.4 Å². The Morgan fingerprint density at radius 1 is 1.12 bits per heavy atom. The molecule has 8 heteroatoms. The second-order valence-corrected chi connectivity index (χ2v) is 6.98. The summed E-state index contributed by atoms with van der Waals surface area (Å²) in [4.78, 5) is 27.2. The molecule has 0 saturated carbocycles. The third-order valence-electron chi connectivity index (χ3n) is 5.17. The highest BCUT2D eigenvalue weighted by Gasteiger charge is 2.32. The van der Waals surface area contributed by atoms with Crippen LogP contribution in [0.5, 0.6) is 0 Å². The molecule has 4 rings (SSSR count). The summed E-state index contributed by atoms with van der Waals surface area (Å²) < 4.78 is 1.73. The maximum absolute atomic E-state index is 12.9. The molecule has 1 N–H and O–H groups in total. The summed E-state index contributed by atoms with van der Waals surface area (Å²) in [7, 11) is 0. The first-order chi connectivity index (χ1) is 12.7. The Labute approximate surface area is 151 Å². The van der Waals surface area contributed by atoms with Crippen LogP contribution in [-0.2, 0) is 17.8 Å². The monoisotopic (exact) mass is 354 g/mol. The summed E-state index contributed by atoms with van der Waals surface area (Å²) in [5.74, 6) is 0.820. The quantitative estimate of drug-likeness (QED) is 0.874. The predicted molar refractivity (Wildman–Crippen MR) is 93.1 cm³/mol. The van der Waals surface area contributed by atoms with E-state index in [4.69, 9.17) is 0 Å². The van der Waals surface area contributed by atoms with Crippen LogP contribution in [0, 0.1) is 5.92 Å². The van der Waals surface area contributed by atoms with Crippen LogP contribution >= 0.6 is 0 Å². The van der Waals surface area contributed by atoms with Gasteiger partial charge in [0.25, 0.3) is 5.91 Å². The van der Waals surface area contributed by atoms with Gasteiger partial charge in [0.2, 0.25) is 5.91 Å². The molecular weight excluding hydrogens is 332 g/mol. The lowest BCUT2D eigenvalue weighted by Crippen LogP contribution is -2.51. The van der Waals surface area contributed by atoms with Crippen molar-refractivity contribution in [2.24, 2.45) is 5.92 Å². The average molecular weight is 354 g/mol. The zero-order valence-corrected chi connectivity index (χ0v) is 14.5. The molecule has 1 aromatic carbocycles. The molecule has 2 atom stereocenters. The van der Waals surface area contributed by atoms with E-state index < -0.39 is 0 Å². The average Bonchev–Trinajstić information content (AvgIpc) is 3.16. The molecule has 2 aliphatic heterocycles. The highest BCUT2D eigenvalue weighted by Crippen LogP contribution is 2.21. The highest BCUT2D eigenvalue weighted by molar-refractivity contribution is 5.94. The molecule has 136 valence electrons. The van der Waals surface area contributed by atoms with E-state index in [9.17, 15) is 9.59 Å². The minimum atomic E-state index is -0.0884. The van der Waals surface area contributed by atoms with Crippen LogP contribution in [0.1, 0.15) is 35.4 Å². The van der Waals surface area contributed by atoms with Crippen molar-refractivity contribution >= 4 is 11.8 Å². The zero-order valence-electron chi connectivity index (χ0n) is 14.5. The highest BCUT2D eigenvalue weighted by atomic mass is 16.2. The van der Waals surface area contributed by atoms with Crippen LogP contribution < -0.4 is 5.32 Å². The van der Waals surface area contributed by atoms with E-state index in [2.05, 4.69) is 20.8 Å². The van der Waals surface area contributed by atoms with E-state index in [1.54, 1.807) is 16.8 Å². The van der Waals surface area contributed by atoms with Gasteiger partial charge in [-0.25, -0.2) is 4.68 Å². The second kappa shape index (κ2) is 7.23. The largest absolute Gasteiger partial charge is 0.348 e. The topological polar surface area (TPSA) is 93.0 Å². The molecule has 0 radical (unpaired) electrons. The molecule has 0 bridgehead atoms. The number of rotatable bonds is 3. The summed E-state index contributed by atoms with van der Waals surface area (Å²) in [5, 5.41) is 14.7. The minimum absolute atomic E-state index is 0.00686. The Morgan fingerprint density at radius 3 is 2.81 bits per heavy atom. The van der Waals surface area contributed by atoms with Crippen molar-refractivity contribution in [3.63, 3.8) is 0 Å². The number of hydrogen-bond acceptors (Lipinski definition) is 5. The van der Waals surface area contributed by atoms with E-state index in [1.807, 2.05) is 23.1 Å². The number of fused-ring (bicyclic) bond motifs is 1. The van der Waals surface area contributed by atoms with E-state index in [0.717, 1.165) is 38.1 Å². The summed E-state index contributed by atoms with van der Waals surface area (Å²) in [5.41, 5.74) is 0.648. The number of benzene rings is 1. The summed E-state index contributed by atoms with van der Waals surface area (Å²) >= 11 is 0. The molecule has 1 aromatic heterocycles. The van der Waals surface area contributed by atoms with E-state index in [-0.39, 0.29) is 23.8 Å². The molecular formula is C18H22N6O2. The summed E-state index contributed by atoms with van der Waals surface area (Å²) in [6.07, 6.45) is 3.29. The van der Waals surface area contributed by atoms with Crippen molar-refractivity contribution in [3.05, 3.63) is 41.7 Å². The number of hydrogen-bond donors (Lipinski definition) is 1. The van der Waals surface area contributed by atoms with Crippen molar-refractivity contribution < 1.29 is 9.59 Å². The number of likely N-dealkylation sites (tertiary alicyclic amines) is 1. The van der Waals surface area contributed by atoms with E-state index in [1.165, 1.54) is 0 Å². The van der Waals surface area contributed by atoms with Gasteiger partial charge >= 0.3 is 0 Å².